The van der Waals surface area contributed by atoms with Gasteiger partial charge in [-0.3, -0.25) is 28.8 Å². The maximum absolute atomic E-state index is 14.6. The van der Waals surface area contributed by atoms with Gasteiger partial charge in [0.15, 0.2) is 32.9 Å². The van der Waals surface area contributed by atoms with Gasteiger partial charge in [0.25, 0.3) is 0 Å². The van der Waals surface area contributed by atoms with Crippen molar-refractivity contribution in [3.8, 4) is 0 Å². The van der Waals surface area contributed by atoms with Gasteiger partial charge in [0, 0.05) is 5.69 Å². The molecule has 0 bridgehead atoms. The summed E-state index contributed by atoms with van der Waals surface area (Å²) in [6, 6.07) is 5.94. The predicted octanol–water partition coefficient (Wildman–Crippen LogP) is 7.82. The zero-order valence-electron chi connectivity index (χ0n) is 39.7. The zero-order valence-corrected chi connectivity index (χ0v) is 40.7. The molecule has 2 amide bonds. The molecule has 1 aromatic rings. The minimum absolute atomic E-state index is 0.0581. The van der Waals surface area contributed by atoms with Crippen LogP contribution in [0.25, 0.3) is 0 Å². The summed E-state index contributed by atoms with van der Waals surface area (Å²) in [5.74, 6) is -4.01. The molecule has 6 atom stereocenters. The number of para-hydroxylation sites is 1. The number of amides is 2. The highest BCUT2D eigenvalue weighted by atomic mass is 28.4. The number of benzene rings is 1. The molecule has 340 valence electrons. The number of anilines is 1. The molecular weight excluding hydrogens is 789 g/mol. The van der Waals surface area contributed by atoms with E-state index in [0.29, 0.717) is 12.1 Å². The first-order valence-corrected chi connectivity index (χ1v) is 23.7. The molecule has 0 aliphatic carbocycles. The van der Waals surface area contributed by atoms with Crippen LogP contribution in [0.2, 0.25) is 18.1 Å². The Morgan fingerprint density at radius 3 is 1.60 bits per heavy atom. The average molecular weight is 863 g/mol. The molecule has 60 heavy (non-hydrogen) atoms. The third kappa shape index (κ3) is 13.8. The van der Waals surface area contributed by atoms with Crippen LogP contribution >= 0.6 is 0 Å². The van der Waals surface area contributed by atoms with E-state index < -0.39 is 109 Å². The number of carbonyl (C=O) groups is 6. The highest BCUT2D eigenvalue weighted by Gasteiger charge is 2.57. The van der Waals surface area contributed by atoms with E-state index in [0.717, 1.165) is 10.5 Å². The molecule has 0 unspecified atom stereocenters. The second kappa shape index (κ2) is 19.5. The summed E-state index contributed by atoms with van der Waals surface area (Å²) < 4.78 is 37.2. The summed E-state index contributed by atoms with van der Waals surface area (Å²) in [5, 5.41) is 2.93. The van der Waals surface area contributed by atoms with Gasteiger partial charge in [-0.15, -0.1) is 0 Å². The lowest BCUT2D eigenvalue weighted by molar-refractivity contribution is -0.283. The first-order valence-electron chi connectivity index (χ1n) is 20.8. The van der Waals surface area contributed by atoms with E-state index in [1.165, 1.54) is 0 Å². The van der Waals surface area contributed by atoms with Crippen molar-refractivity contribution >= 4 is 50.2 Å². The maximum atomic E-state index is 14.6. The lowest BCUT2D eigenvalue weighted by atomic mass is 9.91. The van der Waals surface area contributed by atoms with Crippen molar-refractivity contribution in [2.45, 2.75) is 179 Å². The van der Waals surface area contributed by atoms with E-state index in [9.17, 15) is 28.8 Å². The minimum atomic E-state index is -2.18. The summed E-state index contributed by atoms with van der Waals surface area (Å²) in [5.41, 5.74) is -3.05. The number of rotatable bonds is 14. The van der Waals surface area contributed by atoms with Crippen molar-refractivity contribution in [1.82, 2.24) is 4.90 Å². The molecule has 1 heterocycles. The van der Waals surface area contributed by atoms with Crippen LogP contribution in [-0.2, 0) is 63.5 Å². The van der Waals surface area contributed by atoms with E-state index in [4.69, 9.17) is 28.1 Å². The fraction of sp³-hybridized carbons (Fsp3) is 0.733. The third-order valence-electron chi connectivity index (χ3n) is 10.5. The fourth-order valence-corrected chi connectivity index (χ4v) is 6.41. The van der Waals surface area contributed by atoms with Gasteiger partial charge in [-0.2, -0.15) is 0 Å². The largest absolute Gasteiger partial charge is 0.462 e. The molecule has 0 saturated carbocycles. The topological polar surface area (TPSA) is 173 Å². The number of carbonyl (C=O) groups excluding carboxylic acids is 6. The molecule has 1 aromatic carbocycles. The molecule has 2 rings (SSSR count). The minimum Gasteiger partial charge on any atom is -0.462 e. The number of esters is 4. The zero-order chi connectivity index (χ0) is 46.6. The van der Waals surface area contributed by atoms with Crippen molar-refractivity contribution in [2.75, 3.05) is 11.9 Å². The van der Waals surface area contributed by atoms with Gasteiger partial charge < -0.3 is 38.3 Å². The SMILES string of the molecule is CC(C)[C@@H](C(=O)Nc1ccccc1CO[Si](C)(C)C(C)(C)C)N(C=O)[C@@H]1O[C@H](COC(=O)C(C)(C)C)[C@H](OC(=O)C(C)(C)C)[C@H](OC(=O)C(C)(C)C)[C@H]1OC(=O)C(C)(C)C. The van der Waals surface area contributed by atoms with Crippen LogP contribution in [0.15, 0.2) is 24.3 Å². The predicted molar refractivity (Wildman–Crippen MR) is 231 cm³/mol. The number of nitrogens with one attached hydrogen (secondary N) is 1. The van der Waals surface area contributed by atoms with Crippen molar-refractivity contribution in [2.24, 2.45) is 27.6 Å². The summed E-state index contributed by atoms with van der Waals surface area (Å²) in [7, 11) is -2.18. The average Bonchev–Trinajstić information content (AvgIpc) is 3.08. The molecule has 0 radical (unpaired) electrons. The van der Waals surface area contributed by atoms with Crippen LogP contribution in [0, 0.1) is 27.6 Å². The first-order chi connectivity index (χ1) is 27.0. The molecule has 1 N–H and O–H groups in total. The van der Waals surface area contributed by atoms with Gasteiger partial charge in [-0.25, -0.2) is 0 Å². The van der Waals surface area contributed by atoms with E-state index >= 15 is 0 Å². The molecule has 14 nitrogen and oxygen atoms in total. The number of hydrogen-bond donors (Lipinski definition) is 1. The van der Waals surface area contributed by atoms with Crippen molar-refractivity contribution in [3.05, 3.63) is 29.8 Å². The Labute approximate surface area is 359 Å². The van der Waals surface area contributed by atoms with Gasteiger partial charge in [-0.1, -0.05) is 52.8 Å². The summed E-state index contributed by atoms with van der Waals surface area (Å²) in [6.07, 6.45) is -7.40. The van der Waals surface area contributed by atoms with Crippen LogP contribution in [0.1, 0.15) is 123 Å². The second-order valence-electron chi connectivity index (χ2n) is 21.7. The van der Waals surface area contributed by atoms with E-state index in [1.807, 2.05) is 12.1 Å². The van der Waals surface area contributed by atoms with Gasteiger partial charge in [-0.05, 0) is 119 Å². The Kier molecular flexibility index (Phi) is 17.0. The Balaban J connectivity index is 2.87. The number of ether oxygens (including phenoxy) is 5. The van der Waals surface area contributed by atoms with Crippen molar-refractivity contribution < 1.29 is 56.9 Å². The smallest absolute Gasteiger partial charge is 0.311 e. The highest BCUT2D eigenvalue weighted by Crippen LogP contribution is 2.39. The van der Waals surface area contributed by atoms with Crippen LogP contribution in [0.5, 0.6) is 0 Å². The molecular formula is C45H74N2O12Si. The van der Waals surface area contributed by atoms with Crippen LogP contribution in [-0.4, -0.2) is 92.7 Å². The monoisotopic (exact) mass is 863 g/mol. The van der Waals surface area contributed by atoms with Crippen molar-refractivity contribution in [3.63, 3.8) is 0 Å². The quantitative estimate of drug-likeness (QED) is 0.0833. The fourth-order valence-electron chi connectivity index (χ4n) is 5.46. The summed E-state index contributed by atoms with van der Waals surface area (Å²) in [4.78, 5) is 83.6. The molecule has 0 aromatic heterocycles. The summed E-state index contributed by atoms with van der Waals surface area (Å²) >= 11 is 0. The van der Waals surface area contributed by atoms with Gasteiger partial charge in [0.1, 0.15) is 18.8 Å². The van der Waals surface area contributed by atoms with Crippen LogP contribution in [0.3, 0.4) is 0 Å². The highest BCUT2D eigenvalue weighted by molar-refractivity contribution is 6.74. The van der Waals surface area contributed by atoms with Gasteiger partial charge in [0.05, 0.1) is 28.3 Å². The third-order valence-corrected chi connectivity index (χ3v) is 15.0. The molecule has 0 spiro atoms. The van der Waals surface area contributed by atoms with Gasteiger partial charge >= 0.3 is 23.9 Å². The number of nitrogens with zero attached hydrogens (tertiary/aromatic N) is 1. The second-order valence-corrected chi connectivity index (χ2v) is 26.5. The molecule has 1 aliphatic rings. The van der Waals surface area contributed by atoms with Gasteiger partial charge in [0.2, 0.25) is 12.3 Å². The molecule has 1 saturated heterocycles. The Morgan fingerprint density at radius 2 is 1.17 bits per heavy atom. The first kappa shape index (κ1) is 52.3. The normalized spacial score (nSPS) is 21.0. The molecule has 1 aliphatic heterocycles. The maximum Gasteiger partial charge on any atom is 0.311 e. The Bertz CT molecular complexity index is 1690. The number of hydrogen-bond acceptors (Lipinski definition) is 12. The molecule has 1 fully saturated rings. The Morgan fingerprint density at radius 1 is 0.717 bits per heavy atom. The van der Waals surface area contributed by atoms with Crippen LogP contribution in [0.4, 0.5) is 5.69 Å². The lowest BCUT2D eigenvalue weighted by Gasteiger charge is -2.49. The van der Waals surface area contributed by atoms with Crippen molar-refractivity contribution in [1.29, 1.82) is 0 Å². The standard InChI is InChI=1S/C45H74N2O12Si/c1-27(2)31(35(49)46-29-23-21-20-22-28(29)24-55-60(18,19)45(15,16)17)47(26-48)36-34(59-40(53)44(12,13)14)33(58-39(52)43(9,10)11)32(57-38(51)42(6,7)8)30(56-36)25-54-37(50)41(3,4)5/h20-23,26-27,30-34,36H,24-25H2,1-19H3,(H,46,49)/t30-,31+,32+,33+,34-,36-/m1/s1. The van der Waals surface area contributed by atoms with E-state index in [1.54, 1.807) is 109 Å². The lowest BCUT2D eigenvalue weighted by Crippen LogP contribution is -2.69. The van der Waals surface area contributed by atoms with Crippen LogP contribution < -0.4 is 5.32 Å². The van der Waals surface area contributed by atoms with E-state index in [2.05, 4.69) is 39.2 Å². The summed E-state index contributed by atoms with van der Waals surface area (Å²) in [6.45, 7) is 33.4. The molecule has 15 heteroatoms. The Hall–Kier alpha value is -3.82. The van der Waals surface area contributed by atoms with E-state index in [-0.39, 0.29) is 11.6 Å².